The number of morpholine rings is 1. The van der Waals surface area contributed by atoms with Gasteiger partial charge in [0, 0.05) is 19.1 Å². The first kappa shape index (κ1) is 11.8. The Morgan fingerprint density at radius 1 is 1.56 bits per heavy atom. The predicted molar refractivity (Wildman–Crippen MR) is 73.3 cm³/mol. The highest BCUT2D eigenvalue weighted by molar-refractivity contribution is 7.18. The highest BCUT2D eigenvalue weighted by Gasteiger charge is 2.14. The number of nitrogens with one attached hydrogen (secondary N) is 2. The minimum absolute atomic E-state index is 0.352. The Morgan fingerprint density at radius 3 is 3.33 bits per heavy atom. The van der Waals surface area contributed by atoms with E-state index in [1.165, 1.54) is 5.56 Å². The SMILES string of the molecule is Cc1csc2c(NCC3COCCN3)ncnc12. The third-order valence-corrected chi connectivity index (χ3v) is 4.14. The zero-order valence-electron chi connectivity index (χ0n) is 10.3. The summed E-state index contributed by atoms with van der Waals surface area (Å²) >= 11 is 1.69. The van der Waals surface area contributed by atoms with Crippen LogP contribution in [0, 0.1) is 6.92 Å². The van der Waals surface area contributed by atoms with Crippen molar-refractivity contribution in [3.63, 3.8) is 0 Å². The van der Waals surface area contributed by atoms with E-state index in [9.17, 15) is 0 Å². The van der Waals surface area contributed by atoms with Crippen LogP contribution in [0.15, 0.2) is 11.7 Å². The molecule has 1 saturated heterocycles. The summed E-state index contributed by atoms with van der Waals surface area (Å²) in [5.41, 5.74) is 2.25. The van der Waals surface area contributed by atoms with Crippen molar-refractivity contribution in [3.05, 3.63) is 17.3 Å². The molecule has 1 atom stereocenters. The summed E-state index contributed by atoms with van der Waals surface area (Å²) < 4.78 is 6.56. The number of rotatable bonds is 3. The summed E-state index contributed by atoms with van der Waals surface area (Å²) in [6.07, 6.45) is 1.62. The van der Waals surface area contributed by atoms with Gasteiger partial charge in [-0.15, -0.1) is 11.3 Å². The van der Waals surface area contributed by atoms with Crippen LogP contribution in [0.5, 0.6) is 0 Å². The normalized spacial score (nSPS) is 20.2. The quantitative estimate of drug-likeness (QED) is 0.877. The Bertz CT molecular complexity index is 536. The second-order valence-electron chi connectivity index (χ2n) is 4.43. The van der Waals surface area contributed by atoms with Crippen LogP contribution in [0.1, 0.15) is 5.56 Å². The highest BCUT2D eigenvalue weighted by atomic mass is 32.1. The Morgan fingerprint density at radius 2 is 2.50 bits per heavy atom. The Hall–Kier alpha value is -1.24. The molecule has 2 N–H and O–H groups in total. The van der Waals surface area contributed by atoms with Crippen molar-refractivity contribution in [1.29, 1.82) is 0 Å². The van der Waals surface area contributed by atoms with Gasteiger partial charge in [0.2, 0.25) is 0 Å². The van der Waals surface area contributed by atoms with Crippen molar-refractivity contribution in [2.24, 2.45) is 0 Å². The second-order valence-corrected chi connectivity index (χ2v) is 5.31. The van der Waals surface area contributed by atoms with Crippen molar-refractivity contribution in [2.45, 2.75) is 13.0 Å². The van der Waals surface area contributed by atoms with Gasteiger partial charge in [-0.3, -0.25) is 0 Å². The van der Waals surface area contributed by atoms with Crippen molar-refractivity contribution >= 4 is 27.4 Å². The van der Waals surface area contributed by atoms with Crippen LogP contribution in [0.3, 0.4) is 0 Å². The van der Waals surface area contributed by atoms with E-state index in [-0.39, 0.29) is 0 Å². The van der Waals surface area contributed by atoms with E-state index in [1.807, 2.05) is 0 Å². The summed E-state index contributed by atoms with van der Waals surface area (Å²) in [5.74, 6) is 0.922. The van der Waals surface area contributed by atoms with Gasteiger partial charge in [0.05, 0.1) is 23.4 Å². The molecule has 2 aromatic heterocycles. The fourth-order valence-electron chi connectivity index (χ4n) is 2.07. The van der Waals surface area contributed by atoms with Gasteiger partial charge in [0.15, 0.2) is 0 Å². The topological polar surface area (TPSA) is 59.1 Å². The van der Waals surface area contributed by atoms with Crippen molar-refractivity contribution < 1.29 is 4.74 Å². The number of aromatic nitrogens is 2. The number of thiophene rings is 1. The lowest BCUT2D eigenvalue weighted by atomic mass is 10.2. The molecule has 0 bridgehead atoms. The van der Waals surface area contributed by atoms with Crippen LogP contribution in [-0.2, 0) is 4.74 Å². The predicted octanol–water partition coefficient (Wildman–Crippen LogP) is 1.40. The largest absolute Gasteiger partial charge is 0.378 e. The van der Waals surface area contributed by atoms with Crippen molar-refractivity contribution in [1.82, 2.24) is 15.3 Å². The maximum atomic E-state index is 5.43. The summed E-state index contributed by atoms with van der Waals surface area (Å²) in [7, 11) is 0. The van der Waals surface area contributed by atoms with E-state index in [4.69, 9.17) is 4.74 Å². The van der Waals surface area contributed by atoms with E-state index in [2.05, 4.69) is 32.9 Å². The molecule has 0 spiro atoms. The van der Waals surface area contributed by atoms with E-state index in [0.717, 1.165) is 42.3 Å². The molecular weight excluding hydrogens is 248 g/mol. The summed E-state index contributed by atoms with van der Waals surface area (Å²) in [6, 6.07) is 0.352. The molecule has 6 heteroatoms. The highest BCUT2D eigenvalue weighted by Crippen LogP contribution is 2.28. The van der Waals surface area contributed by atoms with E-state index in [1.54, 1.807) is 17.7 Å². The molecule has 1 fully saturated rings. The number of anilines is 1. The summed E-state index contributed by atoms with van der Waals surface area (Å²) in [5, 5.41) is 8.92. The van der Waals surface area contributed by atoms with Crippen LogP contribution in [0.2, 0.25) is 0 Å². The molecule has 3 heterocycles. The molecule has 0 aromatic carbocycles. The average Bonchev–Trinajstić information content (AvgIpc) is 2.80. The zero-order chi connectivity index (χ0) is 12.4. The smallest absolute Gasteiger partial charge is 0.147 e. The third-order valence-electron chi connectivity index (χ3n) is 3.05. The molecule has 2 aromatic rings. The molecule has 1 aliphatic heterocycles. The van der Waals surface area contributed by atoms with Crippen LogP contribution in [0.25, 0.3) is 10.2 Å². The molecule has 1 aliphatic rings. The monoisotopic (exact) mass is 264 g/mol. The minimum Gasteiger partial charge on any atom is -0.378 e. The van der Waals surface area contributed by atoms with Crippen LogP contribution in [0.4, 0.5) is 5.82 Å². The lowest BCUT2D eigenvalue weighted by molar-refractivity contribution is 0.0806. The van der Waals surface area contributed by atoms with Gasteiger partial charge in [0.1, 0.15) is 12.1 Å². The minimum atomic E-state index is 0.352. The lowest BCUT2D eigenvalue weighted by Crippen LogP contribution is -2.45. The van der Waals surface area contributed by atoms with E-state index in [0.29, 0.717) is 6.04 Å². The van der Waals surface area contributed by atoms with E-state index < -0.39 is 0 Å². The number of aryl methyl sites for hydroxylation is 1. The fourth-order valence-corrected chi connectivity index (χ4v) is 3.03. The number of hydrogen-bond acceptors (Lipinski definition) is 6. The van der Waals surface area contributed by atoms with Crippen LogP contribution < -0.4 is 10.6 Å². The van der Waals surface area contributed by atoms with Gasteiger partial charge in [-0.05, 0) is 17.9 Å². The van der Waals surface area contributed by atoms with Crippen LogP contribution in [-0.4, -0.2) is 42.3 Å². The van der Waals surface area contributed by atoms with Gasteiger partial charge in [-0.25, -0.2) is 9.97 Å². The third kappa shape index (κ3) is 2.31. The van der Waals surface area contributed by atoms with Gasteiger partial charge >= 0.3 is 0 Å². The molecule has 0 radical (unpaired) electrons. The van der Waals surface area contributed by atoms with Gasteiger partial charge < -0.3 is 15.4 Å². The molecule has 3 rings (SSSR count). The molecule has 5 nitrogen and oxygen atoms in total. The first-order valence-electron chi connectivity index (χ1n) is 6.08. The Labute approximate surface area is 110 Å². The molecular formula is C12H16N4OS. The van der Waals surface area contributed by atoms with Gasteiger partial charge in [-0.2, -0.15) is 0 Å². The van der Waals surface area contributed by atoms with Crippen LogP contribution >= 0.6 is 11.3 Å². The fraction of sp³-hybridized carbons (Fsp3) is 0.500. The van der Waals surface area contributed by atoms with Gasteiger partial charge in [-0.1, -0.05) is 0 Å². The molecule has 0 saturated carbocycles. The molecule has 0 amide bonds. The first-order chi connectivity index (χ1) is 8.84. The molecule has 18 heavy (non-hydrogen) atoms. The number of ether oxygens (including phenoxy) is 1. The molecule has 96 valence electrons. The summed E-state index contributed by atoms with van der Waals surface area (Å²) in [6.45, 7) is 5.38. The zero-order valence-corrected chi connectivity index (χ0v) is 11.1. The standard InChI is InChI=1S/C12H16N4OS/c1-8-6-18-11-10(8)15-7-16-12(11)14-4-9-5-17-3-2-13-9/h6-7,9,13H,2-5H2,1H3,(H,14,15,16). The Balaban J connectivity index is 1.74. The van der Waals surface area contributed by atoms with E-state index >= 15 is 0 Å². The average molecular weight is 264 g/mol. The first-order valence-corrected chi connectivity index (χ1v) is 6.96. The number of hydrogen-bond donors (Lipinski definition) is 2. The summed E-state index contributed by atoms with van der Waals surface area (Å²) in [4.78, 5) is 8.64. The second kappa shape index (κ2) is 5.17. The Kier molecular flexibility index (Phi) is 3.40. The number of fused-ring (bicyclic) bond motifs is 1. The molecule has 1 unspecified atom stereocenters. The maximum Gasteiger partial charge on any atom is 0.147 e. The molecule has 0 aliphatic carbocycles. The maximum absolute atomic E-state index is 5.43. The number of nitrogens with zero attached hydrogens (tertiary/aromatic N) is 2. The lowest BCUT2D eigenvalue weighted by Gasteiger charge is -2.24. The van der Waals surface area contributed by atoms with Crippen molar-refractivity contribution in [2.75, 3.05) is 31.6 Å². The van der Waals surface area contributed by atoms with Gasteiger partial charge in [0.25, 0.3) is 0 Å². The van der Waals surface area contributed by atoms with Crippen molar-refractivity contribution in [3.8, 4) is 0 Å².